The Morgan fingerprint density at radius 1 is 1.10 bits per heavy atom. The van der Waals surface area contributed by atoms with Gasteiger partial charge >= 0.3 is 0 Å². The van der Waals surface area contributed by atoms with Gasteiger partial charge in [-0.3, -0.25) is 4.79 Å². The third-order valence-electron chi connectivity index (χ3n) is 4.66. The summed E-state index contributed by atoms with van der Waals surface area (Å²) < 4.78 is 0. The Kier molecular flexibility index (Phi) is 9.65. The molecule has 0 saturated heterocycles. The Morgan fingerprint density at radius 3 is 2.29 bits per heavy atom. The van der Waals surface area contributed by atoms with Crippen molar-refractivity contribution in [3.8, 4) is 0 Å². The summed E-state index contributed by atoms with van der Waals surface area (Å²) >= 11 is 0. The topological polar surface area (TPSA) is 29.1 Å². The van der Waals surface area contributed by atoms with Gasteiger partial charge in [0.05, 0.1) is 0 Å². The first-order valence-electron chi connectivity index (χ1n) is 8.69. The lowest BCUT2D eigenvalue weighted by Crippen LogP contribution is -2.26. The molecule has 0 aliphatic heterocycles. The monoisotopic (exact) mass is 295 g/mol. The van der Waals surface area contributed by atoms with Crippen molar-refractivity contribution < 1.29 is 4.79 Å². The molecule has 0 saturated carbocycles. The summed E-state index contributed by atoms with van der Waals surface area (Å²) in [6.45, 7) is 15.3. The maximum atomic E-state index is 11.5. The molecule has 0 fully saturated rings. The number of hydrogen-bond donors (Lipinski definition) is 1. The molecule has 1 unspecified atom stereocenters. The summed E-state index contributed by atoms with van der Waals surface area (Å²) in [7, 11) is 0. The Labute approximate surface area is 132 Å². The van der Waals surface area contributed by atoms with E-state index in [9.17, 15) is 4.79 Å². The number of nitrogens with one attached hydrogen (secondary N) is 1. The zero-order valence-corrected chi connectivity index (χ0v) is 15.1. The van der Waals surface area contributed by atoms with E-state index in [-0.39, 0.29) is 5.91 Å². The summed E-state index contributed by atoms with van der Waals surface area (Å²) in [4.78, 5) is 11.5. The van der Waals surface area contributed by atoms with Crippen molar-refractivity contribution in [2.75, 3.05) is 0 Å². The fourth-order valence-corrected chi connectivity index (χ4v) is 3.35. The van der Waals surface area contributed by atoms with Gasteiger partial charge in [0.15, 0.2) is 0 Å². The summed E-state index contributed by atoms with van der Waals surface area (Å²) in [5.74, 6) is 0.0852. The number of hydrogen-bond acceptors (Lipinski definition) is 1. The van der Waals surface area contributed by atoms with Gasteiger partial charge in [-0.05, 0) is 42.7 Å². The summed E-state index contributed by atoms with van der Waals surface area (Å²) in [5.41, 5.74) is 0.757. The molecule has 0 radical (unpaired) electrons. The number of unbranched alkanes of at least 4 members (excludes halogenated alkanes) is 2. The highest BCUT2D eigenvalue weighted by Gasteiger charge is 2.30. The Hall–Kier alpha value is -0.790. The van der Waals surface area contributed by atoms with Crippen molar-refractivity contribution in [1.82, 2.24) is 5.32 Å². The van der Waals surface area contributed by atoms with Crippen LogP contribution in [0.3, 0.4) is 0 Å². The fraction of sp³-hybridized carbons (Fsp3) is 0.842. The van der Waals surface area contributed by atoms with E-state index in [1.54, 1.807) is 0 Å². The molecule has 0 rings (SSSR count). The third-order valence-corrected chi connectivity index (χ3v) is 4.66. The quantitative estimate of drug-likeness (QED) is 0.451. The Balaban J connectivity index is 4.27. The molecular weight excluding hydrogens is 258 g/mol. The van der Waals surface area contributed by atoms with Crippen LogP contribution in [-0.2, 0) is 4.79 Å². The largest absolute Gasteiger partial charge is 0.333 e. The van der Waals surface area contributed by atoms with Crippen molar-refractivity contribution in [3.05, 3.63) is 12.8 Å². The molecule has 0 aliphatic rings. The average molecular weight is 296 g/mol. The highest BCUT2D eigenvalue weighted by Crippen LogP contribution is 2.42. The Bertz CT molecular complexity index is 309. The minimum Gasteiger partial charge on any atom is -0.333 e. The highest BCUT2D eigenvalue weighted by atomic mass is 16.1. The standard InChI is InChI=1S/C19H37NO/c1-7-10-11-15-19(6,8-2)16-18(4,5)14-12-13-17(21)20-9-3/h9H,3,7-8,10-16H2,1-2,4-6H3,(H,20,21). The van der Waals surface area contributed by atoms with Crippen molar-refractivity contribution in [1.29, 1.82) is 0 Å². The second kappa shape index (κ2) is 10.0. The fourth-order valence-electron chi connectivity index (χ4n) is 3.35. The SMILES string of the molecule is C=CNC(=O)CCCC(C)(C)CC(C)(CC)CCCCC. The molecule has 0 bridgehead atoms. The van der Waals surface area contributed by atoms with E-state index in [0.717, 1.165) is 12.8 Å². The molecule has 2 heteroatoms. The van der Waals surface area contributed by atoms with Crippen molar-refractivity contribution in [2.24, 2.45) is 10.8 Å². The van der Waals surface area contributed by atoms with Crippen molar-refractivity contribution in [3.63, 3.8) is 0 Å². The molecule has 1 atom stereocenters. The van der Waals surface area contributed by atoms with Crippen LogP contribution in [0.5, 0.6) is 0 Å². The van der Waals surface area contributed by atoms with E-state index in [2.05, 4.69) is 46.5 Å². The normalized spacial score (nSPS) is 14.5. The van der Waals surface area contributed by atoms with Crippen molar-refractivity contribution >= 4 is 5.91 Å². The van der Waals surface area contributed by atoms with Crippen LogP contribution in [0.15, 0.2) is 12.8 Å². The molecule has 124 valence electrons. The maximum absolute atomic E-state index is 11.5. The van der Waals surface area contributed by atoms with Gasteiger partial charge in [-0.25, -0.2) is 0 Å². The van der Waals surface area contributed by atoms with E-state index in [4.69, 9.17) is 0 Å². The molecule has 0 aromatic rings. The van der Waals surface area contributed by atoms with E-state index in [0.29, 0.717) is 17.3 Å². The smallest absolute Gasteiger partial charge is 0.223 e. The van der Waals surface area contributed by atoms with Gasteiger partial charge < -0.3 is 5.32 Å². The Morgan fingerprint density at radius 2 is 1.76 bits per heavy atom. The van der Waals surface area contributed by atoms with Crippen LogP contribution in [0, 0.1) is 10.8 Å². The van der Waals surface area contributed by atoms with Gasteiger partial charge in [0.25, 0.3) is 0 Å². The molecule has 0 aliphatic carbocycles. The van der Waals surface area contributed by atoms with Gasteiger partial charge in [-0.15, -0.1) is 0 Å². The summed E-state index contributed by atoms with van der Waals surface area (Å²) in [6, 6.07) is 0. The van der Waals surface area contributed by atoms with Crippen LogP contribution in [0.2, 0.25) is 0 Å². The molecular formula is C19H37NO. The molecule has 0 spiro atoms. The zero-order valence-electron chi connectivity index (χ0n) is 15.1. The second-order valence-corrected chi connectivity index (χ2v) is 7.59. The van der Waals surface area contributed by atoms with Crippen LogP contribution >= 0.6 is 0 Å². The van der Waals surface area contributed by atoms with Gasteiger partial charge in [-0.2, -0.15) is 0 Å². The van der Waals surface area contributed by atoms with Crippen LogP contribution in [0.25, 0.3) is 0 Å². The van der Waals surface area contributed by atoms with Gasteiger partial charge in [0, 0.05) is 6.42 Å². The lowest BCUT2D eigenvalue weighted by atomic mass is 9.68. The summed E-state index contributed by atoms with van der Waals surface area (Å²) in [5, 5.41) is 2.65. The van der Waals surface area contributed by atoms with E-state index in [1.165, 1.54) is 44.7 Å². The minimum absolute atomic E-state index is 0.0852. The van der Waals surface area contributed by atoms with Crippen LogP contribution in [0.1, 0.15) is 92.4 Å². The summed E-state index contributed by atoms with van der Waals surface area (Å²) in [6.07, 6.45) is 12.0. The lowest BCUT2D eigenvalue weighted by molar-refractivity contribution is -0.120. The van der Waals surface area contributed by atoms with Gasteiger partial charge in [0.2, 0.25) is 5.91 Å². The van der Waals surface area contributed by atoms with E-state index >= 15 is 0 Å². The third kappa shape index (κ3) is 9.71. The van der Waals surface area contributed by atoms with Crippen LogP contribution < -0.4 is 5.32 Å². The first kappa shape index (κ1) is 20.2. The van der Waals surface area contributed by atoms with Gasteiger partial charge in [0.1, 0.15) is 0 Å². The second-order valence-electron chi connectivity index (χ2n) is 7.59. The molecule has 0 aromatic heterocycles. The zero-order chi connectivity index (χ0) is 16.4. The molecule has 21 heavy (non-hydrogen) atoms. The number of amides is 1. The molecule has 0 aromatic carbocycles. The molecule has 2 nitrogen and oxygen atoms in total. The maximum Gasteiger partial charge on any atom is 0.223 e. The predicted molar refractivity (Wildman–Crippen MR) is 93.1 cm³/mol. The van der Waals surface area contributed by atoms with E-state index in [1.807, 2.05) is 0 Å². The molecule has 1 amide bonds. The predicted octanol–water partition coefficient (Wildman–Crippen LogP) is 5.83. The number of carbonyl (C=O) groups excluding carboxylic acids is 1. The highest BCUT2D eigenvalue weighted by molar-refractivity contribution is 5.76. The van der Waals surface area contributed by atoms with Crippen molar-refractivity contribution in [2.45, 2.75) is 92.4 Å². The molecule has 0 heterocycles. The first-order valence-corrected chi connectivity index (χ1v) is 8.69. The minimum atomic E-state index is 0.0852. The molecule has 1 N–H and O–H groups in total. The average Bonchev–Trinajstić information content (AvgIpc) is 2.38. The van der Waals surface area contributed by atoms with Crippen LogP contribution in [-0.4, -0.2) is 5.91 Å². The number of carbonyl (C=O) groups is 1. The number of rotatable bonds is 12. The van der Waals surface area contributed by atoms with Crippen LogP contribution in [0.4, 0.5) is 0 Å². The lowest BCUT2D eigenvalue weighted by Gasteiger charge is -2.37. The van der Waals surface area contributed by atoms with Gasteiger partial charge in [-0.1, -0.05) is 66.9 Å². The van der Waals surface area contributed by atoms with E-state index < -0.39 is 0 Å². The first-order chi connectivity index (χ1) is 9.78.